The van der Waals surface area contributed by atoms with Crippen molar-refractivity contribution >= 4 is 23.8 Å². The van der Waals surface area contributed by atoms with Crippen LogP contribution in [0.3, 0.4) is 0 Å². The lowest BCUT2D eigenvalue weighted by Gasteiger charge is -2.24. The highest BCUT2D eigenvalue weighted by atomic mass is 16.5. The van der Waals surface area contributed by atoms with Gasteiger partial charge in [0, 0.05) is 11.8 Å². The van der Waals surface area contributed by atoms with Crippen molar-refractivity contribution in [1.82, 2.24) is 9.97 Å². The van der Waals surface area contributed by atoms with Crippen LogP contribution in [-0.2, 0) is 0 Å². The van der Waals surface area contributed by atoms with E-state index in [0.717, 1.165) is 11.8 Å². The molecule has 1 heterocycles. The Hall–Kier alpha value is -3.68. The monoisotopic (exact) mass is 434 g/mol. The minimum absolute atomic E-state index is 0.0207. The number of hydrogen-bond acceptors (Lipinski definition) is 9. The van der Waals surface area contributed by atoms with Gasteiger partial charge in [0.05, 0.1) is 14.2 Å². The summed E-state index contributed by atoms with van der Waals surface area (Å²) in [5.41, 5.74) is 11.6. The highest BCUT2D eigenvalue weighted by Gasteiger charge is 2.27. The SMILES string of the molecule is COc1cc(C(C)C)c(C(O)c2cnc(N(N)C(N)=O)nc2N(N)C(N)=O)cc1OC. The number of hydrazine groups is 2. The van der Waals surface area contributed by atoms with Gasteiger partial charge in [0.2, 0.25) is 0 Å². The summed E-state index contributed by atoms with van der Waals surface area (Å²) < 4.78 is 10.7. The molecule has 13 nitrogen and oxygen atoms in total. The molecule has 0 bridgehead atoms. The fraction of sp³-hybridized carbons (Fsp3) is 0.333. The number of primary amides is 2. The van der Waals surface area contributed by atoms with Gasteiger partial charge in [-0.15, -0.1) is 0 Å². The topological polar surface area (TPSA) is 209 Å². The van der Waals surface area contributed by atoms with Crippen molar-refractivity contribution in [2.24, 2.45) is 23.2 Å². The van der Waals surface area contributed by atoms with E-state index in [1.807, 2.05) is 13.8 Å². The number of nitrogens with zero attached hydrogens (tertiary/aromatic N) is 4. The molecule has 31 heavy (non-hydrogen) atoms. The molecule has 1 aromatic carbocycles. The van der Waals surface area contributed by atoms with Crippen LogP contribution in [0.5, 0.6) is 11.5 Å². The van der Waals surface area contributed by atoms with Crippen LogP contribution in [0.15, 0.2) is 18.3 Å². The van der Waals surface area contributed by atoms with Crippen molar-refractivity contribution in [2.75, 3.05) is 24.2 Å². The summed E-state index contributed by atoms with van der Waals surface area (Å²) in [6.07, 6.45) is -0.194. The fourth-order valence-electron chi connectivity index (χ4n) is 2.89. The number of amides is 4. The summed E-state index contributed by atoms with van der Waals surface area (Å²) >= 11 is 0. The second-order valence-corrected chi connectivity index (χ2v) is 6.76. The first kappa shape index (κ1) is 23.6. The number of benzene rings is 1. The van der Waals surface area contributed by atoms with Crippen LogP contribution >= 0.6 is 0 Å². The summed E-state index contributed by atoms with van der Waals surface area (Å²) in [7, 11) is 2.96. The standard InChI is InChI=1S/C18H26N8O5/c1-8(2)9-5-12(30-3)13(31-4)6-10(9)14(27)11-7-23-18(26(22)17(20)29)24-15(11)25(21)16(19)28/h5-8,14,27H,21-22H2,1-4H3,(H2,19,28)(H2,20,29). The fourth-order valence-corrected chi connectivity index (χ4v) is 2.89. The molecule has 0 fully saturated rings. The van der Waals surface area contributed by atoms with Crippen LogP contribution in [0, 0.1) is 0 Å². The first-order valence-electron chi connectivity index (χ1n) is 9.02. The van der Waals surface area contributed by atoms with E-state index in [1.165, 1.54) is 14.2 Å². The lowest BCUT2D eigenvalue weighted by molar-refractivity contribution is 0.217. The number of anilines is 2. The number of aliphatic hydroxyl groups is 1. The largest absolute Gasteiger partial charge is 0.493 e. The van der Waals surface area contributed by atoms with Crippen molar-refractivity contribution in [3.05, 3.63) is 35.0 Å². The van der Waals surface area contributed by atoms with E-state index < -0.39 is 18.2 Å². The first-order valence-corrected chi connectivity index (χ1v) is 9.02. The number of hydrogen-bond donors (Lipinski definition) is 5. The summed E-state index contributed by atoms with van der Waals surface area (Å²) in [4.78, 5) is 31.0. The molecule has 2 rings (SSSR count). The predicted molar refractivity (Wildman–Crippen MR) is 112 cm³/mol. The predicted octanol–water partition coefficient (Wildman–Crippen LogP) is 0.217. The van der Waals surface area contributed by atoms with Crippen molar-refractivity contribution in [3.63, 3.8) is 0 Å². The second kappa shape index (κ2) is 9.42. The van der Waals surface area contributed by atoms with E-state index in [9.17, 15) is 14.7 Å². The average Bonchev–Trinajstić information content (AvgIpc) is 2.75. The van der Waals surface area contributed by atoms with E-state index in [4.69, 9.17) is 32.6 Å². The minimum Gasteiger partial charge on any atom is -0.493 e. The van der Waals surface area contributed by atoms with Crippen molar-refractivity contribution in [3.8, 4) is 11.5 Å². The Morgan fingerprint density at radius 3 is 1.94 bits per heavy atom. The third kappa shape index (κ3) is 4.74. The number of nitrogens with two attached hydrogens (primary N) is 4. The summed E-state index contributed by atoms with van der Waals surface area (Å²) in [5.74, 6) is 11.5. The van der Waals surface area contributed by atoms with Gasteiger partial charge in [-0.25, -0.2) is 31.3 Å². The normalized spacial score (nSPS) is 11.7. The third-order valence-corrected chi connectivity index (χ3v) is 4.50. The van der Waals surface area contributed by atoms with Gasteiger partial charge in [-0.05, 0) is 29.2 Å². The van der Waals surface area contributed by atoms with Crippen molar-refractivity contribution in [2.45, 2.75) is 25.9 Å². The molecule has 0 saturated carbocycles. The molecule has 0 radical (unpaired) electrons. The quantitative estimate of drug-likeness (QED) is 0.229. The number of carbonyl (C=O) groups is 2. The maximum Gasteiger partial charge on any atom is 0.336 e. The molecule has 0 saturated heterocycles. The Balaban J connectivity index is 2.72. The molecule has 168 valence electrons. The van der Waals surface area contributed by atoms with Crippen LogP contribution in [0.2, 0.25) is 0 Å². The zero-order valence-electron chi connectivity index (χ0n) is 17.6. The number of urea groups is 2. The molecule has 0 spiro atoms. The van der Waals surface area contributed by atoms with E-state index in [2.05, 4.69) is 9.97 Å². The Morgan fingerprint density at radius 1 is 0.968 bits per heavy atom. The third-order valence-electron chi connectivity index (χ3n) is 4.50. The molecular formula is C18H26N8O5. The number of rotatable bonds is 7. The van der Waals surface area contributed by atoms with E-state index in [0.29, 0.717) is 27.1 Å². The summed E-state index contributed by atoms with van der Waals surface area (Å²) in [6.45, 7) is 3.85. The Kier molecular flexibility index (Phi) is 7.17. The molecule has 13 heteroatoms. The van der Waals surface area contributed by atoms with Gasteiger partial charge in [0.15, 0.2) is 17.3 Å². The Morgan fingerprint density at radius 2 is 1.48 bits per heavy atom. The number of methoxy groups -OCH3 is 2. The number of aliphatic hydroxyl groups excluding tert-OH is 1. The highest BCUT2D eigenvalue weighted by molar-refractivity contribution is 5.90. The number of carbonyl (C=O) groups excluding carboxylic acids is 2. The van der Waals surface area contributed by atoms with E-state index in [-0.39, 0.29) is 23.2 Å². The van der Waals surface area contributed by atoms with Gasteiger partial charge in [0.25, 0.3) is 5.95 Å². The molecule has 1 aromatic heterocycles. The first-order chi connectivity index (χ1) is 14.5. The average molecular weight is 434 g/mol. The van der Waals surface area contributed by atoms with Gasteiger partial charge < -0.3 is 26.0 Å². The maximum absolute atomic E-state index is 11.7. The van der Waals surface area contributed by atoms with Gasteiger partial charge in [0.1, 0.15) is 6.10 Å². The Labute approximate surface area is 178 Å². The molecular weight excluding hydrogens is 408 g/mol. The maximum atomic E-state index is 11.7. The molecule has 1 unspecified atom stereocenters. The molecule has 2 aromatic rings. The zero-order valence-corrected chi connectivity index (χ0v) is 17.6. The van der Waals surface area contributed by atoms with Crippen LogP contribution in [-0.4, -0.2) is 41.4 Å². The minimum atomic E-state index is -1.36. The molecule has 0 aliphatic carbocycles. The van der Waals surface area contributed by atoms with Crippen LogP contribution < -0.4 is 42.6 Å². The van der Waals surface area contributed by atoms with Crippen LogP contribution in [0.1, 0.15) is 42.6 Å². The van der Waals surface area contributed by atoms with Gasteiger partial charge >= 0.3 is 12.1 Å². The Bertz CT molecular complexity index is 984. The number of ether oxygens (including phenoxy) is 2. The summed E-state index contributed by atoms with van der Waals surface area (Å²) in [5, 5.41) is 12.2. The second-order valence-electron chi connectivity index (χ2n) is 6.76. The zero-order chi connectivity index (χ0) is 23.5. The molecule has 1 atom stereocenters. The lowest BCUT2D eigenvalue weighted by atomic mass is 9.91. The molecule has 0 aliphatic rings. The van der Waals surface area contributed by atoms with Gasteiger partial charge in [-0.3, -0.25) is 0 Å². The van der Waals surface area contributed by atoms with Crippen LogP contribution in [0.4, 0.5) is 21.4 Å². The van der Waals surface area contributed by atoms with Crippen LogP contribution in [0.25, 0.3) is 0 Å². The van der Waals surface area contributed by atoms with Gasteiger partial charge in [-0.1, -0.05) is 13.8 Å². The van der Waals surface area contributed by atoms with E-state index in [1.54, 1.807) is 12.1 Å². The summed E-state index contributed by atoms with van der Waals surface area (Å²) in [6, 6.07) is 1.21. The molecule has 0 aliphatic heterocycles. The smallest absolute Gasteiger partial charge is 0.336 e. The van der Waals surface area contributed by atoms with E-state index >= 15 is 0 Å². The van der Waals surface area contributed by atoms with Crippen molar-refractivity contribution in [1.29, 1.82) is 0 Å². The van der Waals surface area contributed by atoms with Gasteiger partial charge in [-0.2, -0.15) is 9.99 Å². The lowest BCUT2D eigenvalue weighted by Crippen LogP contribution is -2.45. The molecule has 4 amide bonds. The van der Waals surface area contributed by atoms with Crippen molar-refractivity contribution < 1.29 is 24.2 Å². The molecule has 9 N–H and O–H groups in total. The highest BCUT2D eigenvalue weighted by Crippen LogP contribution is 2.39. The number of aromatic nitrogens is 2.